The molecule has 26 heavy (non-hydrogen) atoms. The Kier molecular flexibility index (Phi) is 5.15. The van der Waals surface area contributed by atoms with Crippen LogP contribution in [0.5, 0.6) is 0 Å². The first kappa shape index (κ1) is 18.2. The molecule has 0 radical (unpaired) electrons. The molecule has 134 valence electrons. The fourth-order valence-electron chi connectivity index (χ4n) is 2.31. The number of para-hydroxylation sites is 1. The molecule has 0 aliphatic rings. The largest absolute Gasteiger partial charge is 0.449 e. The van der Waals surface area contributed by atoms with Crippen molar-refractivity contribution >= 4 is 57.4 Å². The molecule has 5 nitrogen and oxygen atoms in total. The Morgan fingerprint density at radius 2 is 1.88 bits per heavy atom. The van der Waals surface area contributed by atoms with Gasteiger partial charge in [-0.3, -0.25) is 9.59 Å². The SMILES string of the molecule is C[C@@H](Cl)C(=O)Nc1c(C(=O)Nc2ccc(F)c(Cl)c2)oc2ccccc12. The van der Waals surface area contributed by atoms with Gasteiger partial charge in [0.2, 0.25) is 11.7 Å². The minimum absolute atomic E-state index is 0.0997. The second-order valence-electron chi connectivity index (χ2n) is 5.49. The zero-order valence-electron chi connectivity index (χ0n) is 13.5. The molecule has 0 spiro atoms. The Hall–Kier alpha value is -2.57. The molecule has 1 heterocycles. The molecule has 8 heteroatoms. The van der Waals surface area contributed by atoms with Gasteiger partial charge in [-0.05, 0) is 37.3 Å². The lowest BCUT2D eigenvalue weighted by atomic mass is 10.2. The number of nitrogens with one attached hydrogen (secondary N) is 2. The minimum Gasteiger partial charge on any atom is -0.449 e. The van der Waals surface area contributed by atoms with Crippen molar-refractivity contribution in [2.75, 3.05) is 10.6 Å². The third kappa shape index (κ3) is 3.66. The first-order valence-corrected chi connectivity index (χ1v) is 8.41. The Morgan fingerprint density at radius 3 is 2.58 bits per heavy atom. The summed E-state index contributed by atoms with van der Waals surface area (Å²) in [5.41, 5.74) is 0.918. The standard InChI is InChI=1S/C18H13Cl2FN2O3/c1-9(19)17(24)23-15-11-4-2-3-5-14(11)26-16(15)18(25)22-10-6-7-13(21)12(20)8-10/h2-9H,1H3,(H,22,25)(H,23,24)/t9-/m1/s1. The van der Waals surface area contributed by atoms with E-state index < -0.39 is 23.0 Å². The van der Waals surface area contributed by atoms with Gasteiger partial charge in [0.25, 0.3) is 5.91 Å². The smallest absolute Gasteiger partial charge is 0.293 e. The number of fused-ring (bicyclic) bond motifs is 1. The molecule has 0 saturated heterocycles. The summed E-state index contributed by atoms with van der Waals surface area (Å²) in [6.07, 6.45) is 0. The van der Waals surface area contributed by atoms with Crippen molar-refractivity contribution in [3.8, 4) is 0 Å². The van der Waals surface area contributed by atoms with E-state index in [4.69, 9.17) is 27.6 Å². The Labute approximate surface area is 158 Å². The van der Waals surface area contributed by atoms with Crippen LogP contribution in [0.15, 0.2) is 46.9 Å². The van der Waals surface area contributed by atoms with Gasteiger partial charge in [-0.25, -0.2) is 4.39 Å². The monoisotopic (exact) mass is 394 g/mol. The molecule has 0 aliphatic heterocycles. The normalized spacial score (nSPS) is 12.0. The summed E-state index contributed by atoms with van der Waals surface area (Å²) in [5.74, 6) is -1.80. The van der Waals surface area contributed by atoms with Crippen LogP contribution in [0.4, 0.5) is 15.8 Å². The summed E-state index contributed by atoms with van der Waals surface area (Å²) in [6.45, 7) is 1.51. The molecule has 3 aromatic rings. The second kappa shape index (κ2) is 7.35. The lowest BCUT2D eigenvalue weighted by molar-refractivity contribution is -0.115. The van der Waals surface area contributed by atoms with E-state index in [9.17, 15) is 14.0 Å². The van der Waals surface area contributed by atoms with E-state index in [0.29, 0.717) is 11.0 Å². The van der Waals surface area contributed by atoms with Crippen LogP contribution in [0.2, 0.25) is 5.02 Å². The number of carbonyl (C=O) groups excluding carboxylic acids is 2. The number of hydrogen-bond donors (Lipinski definition) is 2. The molecule has 2 aromatic carbocycles. The predicted octanol–water partition coefficient (Wildman–Crippen LogP) is 5.04. The summed E-state index contributed by atoms with van der Waals surface area (Å²) >= 11 is 11.5. The van der Waals surface area contributed by atoms with E-state index in [1.165, 1.54) is 19.1 Å². The quantitative estimate of drug-likeness (QED) is 0.608. The number of furan rings is 1. The van der Waals surface area contributed by atoms with Gasteiger partial charge in [0.05, 0.1) is 5.02 Å². The van der Waals surface area contributed by atoms with E-state index in [2.05, 4.69) is 10.6 Å². The van der Waals surface area contributed by atoms with Crippen molar-refractivity contribution in [3.63, 3.8) is 0 Å². The van der Waals surface area contributed by atoms with Gasteiger partial charge in [-0.15, -0.1) is 11.6 Å². The number of carbonyl (C=O) groups is 2. The summed E-state index contributed by atoms with van der Waals surface area (Å²) in [7, 11) is 0. The Bertz CT molecular complexity index is 1000. The first-order chi connectivity index (χ1) is 12.4. The number of benzene rings is 2. The van der Waals surface area contributed by atoms with Crippen LogP contribution in [0.1, 0.15) is 17.5 Å². The number of hydrogen-bond acceptors (Lipinski definition) is 3. The number of rotatable bonds is 4. The summed E-state index contributed by atoms with van der Waals surface area (Å²) in [6, 6.07) is 10.6. The van der Waals surface area contributed by atoms with Crippen molar-refractivity contribution in [3.05, 3.63) is 59.1 Å². The zero-order valence-corrected chi connectivity index (χ0v) is 15.0. The highest BCUT2D eigenvalue weighted by atomic mass is 35.5. The molecule has 2 amide bonds. The van der Waals surface area contributed by atoms with E-state index in [0.717, 1.165) is 6.07 Å². The fourth-order valence-corrected chi connectivity index (χ4v) is 2.55. The highest BCUT2D eigenvalue weighted by Gasteiger charge is 2.23. The molecule has 0 bridgehead atoms. The van der Waals surface area contributed by atoms with Crippen molar-refractivity contribution < 1.29 is 18.4 Å². The Balaban J connectivity index is 1.98. The maximum absolute atomic E-state index is 13.3. The molecule has 0 aliphatic carbocycles. The van der Waals surface area contributed by atoms with E-state index in [1.54, 1.807) is 24.3 Å². The lowest BCUT2D eigenvalue weighted by Crippen LogP contribution is -2.22. The number of anilines is 2. The predicted molar refractivity (Wildman–Crippen MR) is 99.5 cm³/mol. The van der Waals surface area contributed by atoms with Gasteiger partial charge in [-0.1, -0.05) is 23.7 Å². The molecule has 0 fully saturated rings. The van der Waals surface area contributed by atoms with Crippen LogP contribution in [0.25, 0.3) is 11.0 Å². The maximum Gasteiger partial charge on any atom is 0.293 e. The second-order valence-corrected chi connectivity index (χ2v) is 6.55. The topological polar surface area (TPSA) is 71.3 Å². The Morgan fingerprint density at radius 1 is 1.15 bits per heavy atom. The molecule has 3 rings (SSSR count). The average molecular weight is 395 g/mol. The third-order valence-electron chi connectivity index (χ3n) is 3.59. The summed E-state index contributed by atoms with van der Waals surface area (Å²) < 4.78 is 18.8. The summed E-state index contributed by atoms with van der Waals surface area (Å²) in [5, 5.41) is 4.80. The molecule has 1 atom stereocenters. The van der Waals surface area contributed by atoms with E-state index in [-0.39, 0.29) is 22.2 Å². The molecular weight excluding hydrogens is 382 g/mol. The van der Waals surface area contributed by atoms with Crippen LogP contribution in [0.3, 0.4) is 0 Å². The minimum atomic E-state index is -0.796. The van der Waals surface area contributed by atoms with E-state index in [1.807, 2.05) is 0 Å². The lowest BCUT2D eigenvalue weighted by Gasteiger charge is -2.08. The molecule has 1 aromatic heterocycles. The van der Waals surface area contributed by atoms with Crippen LogP contribution in [-0.2, 0) is 4.79 Å². The maximum atomic E-state index is 13.3. The molecule has 0 saturated carbocycles. The number of amides is 2. The average Bonchev–Trinajstić information content (AvgIpc) is 2.97. The highest BCUT2D eigenvalue weighted by Crippen LogP contribution is 2.32. The van der Waals surface area contributed by atoms with Gasteiger partial charge >= 0.3 is 0 Å². The number of halogens is 3. The molecular formula is C18H13Cl2FN2O3. The van der Waals surface area contributed by atoms with Crippen LogP contribution >= 0.6 is 23.2 Å². The van der Waals surface area contributed by atoms with Crippen LogP contribution in [-0.4, -0.2) is 17.2 Å². The van der Waals surface area contributed by atoms with Gasteiger partial charge in [0.1, 0.15) is 22.5 Å². The van der Waals surface area contributed by atoms with Gasteiger partial charge in [0, 0.05) is 11.1 Å². The zero-order chi connectivity index (χ0) is 18.8. The van der Waals surface area contributed by atoms with Gasteiger partial charge in [-0.2, -0.15) is 0 Å². The van der Waals surface area contributed by atoms with Crippen molar-refractivity contribution in [1.29, 1.82) is 0 Å². The van der Waals surface area contributed by atoms with Crippen LogP contribution < -0.4 is 10.6 Å². The van der Waals surface area contributed by atoms with Crippen molar-refractivity contribution in [1.82, 2.24) is 0 Å². The van der Waals surface area contributed by atoms with Crippen LogP contribution in [0, 0.1) is 5.82 Å². The van der Waals surface area contributed by atoms with Crippen molar-refractivity contribution in [2.24, 2.45) is 0 Å². The fraction of sp³-hybridized carbons (Fsp3) is 0.111. The molecule has 2 N–H and O–H groups in total. The van der Waals surface area contributed by atoms with Gasteiger partial charge in [0.15, 0.2) is 0 Å². The molecule has 0 unspecified atom stereocenters. The number of alkyl halides is 1. The first-order valence-electron chi connectivity index (χ1n) is 7.59. The highest BCUT2D eigenvalue weighted by molar-refractivity contribution is 6.33. The third-order valence-corrected chi connectivity index (χ3v) is 4.08. The summed E-state index contributed by atoms with van der Waals surface area (Å²) in [4.78, 5) is 24.6. The van der Waals surface area contributed by atoms with E-state index >= 15 is 0 Å². The van der Waals surface area contributed by atoms with Gasteiger partial charge < -0.3 is 15.1 Å². The van der Waals surface area contributed by atoms with Crippen molar-refractivity contribution in [2.45, 2.75) is 12.3 Å².